The molecule has 1 aliphatic heterocycles. The Morgan fingerprint density at radius 3 is 2.69 bits per heavy atom. The normalized spacial score (nSPS) is 15.2. The van der Waals surface area contributed by atoms with Crippen LogP contribution in [-0.2, 0) is 11.2 Å². The molecule has 7 nitrogen and oxygen atoms in total. The smallest absolute Gasteiger partial charge is 0.274 e. The van der Waals surface area contributed by atoms with Crippen LogP contribution in [0.3, 0.4) is 0 Å². The number of nitro benzene ring substituents is 1. The van der Waals surface area contributed by atoms with Crippen LogP contribution in [0.5, 0.6) is 11.5 Å². The summed E-state index contributed by atoms with van der Waals surface area (Å²) in [5.41, 5.74) is 0.978. The molecule has 1 fully saturated rings. The van der Waals surface area contributed by atoms with Gasteiger partial charge in [0.2, 0.25) is 0 Å². The van der Waals surface area contributed by atoms with Crippen LogP contribution in [0.1, 0.15) is 18.1 Å². The van der Waals surface area contributed by atoms with Gasteiger partial charge in [0.05, 0.1) is 22.5 Å². The second-order valence-electron chi connectivity index (χ2n) is 6.14. The Balaban J connectivity index is 1.86. The van der Waals surface area contributed by atoms with Crippen molar-refractivity contribution in [1.29, 1.82) is 0 Å². The maximum absolute atomic E-state index is 12.8. The number of benzene rings is 2. The summed E-state index contributed by atoms with van der Waals surface area (Å²) in [6, 6.07) is 12.1. The van der Waals surface area contributed by atoms with Crippen LogP contribution in [0.15, 0.2) is 47.4 Å². The number of carbonyl (C=O) groups is 1. The second-order valence-corrected chi connectivity index (χ2v) is 7.82. The van der Waals surface area contributed by atoms with E-state index in [1.54, 1.807) is 6.92 Å². The number of hydrogen-bond acceptors (Lipinski definition) is 7. The molecule has 0 atom stereocenters. The number of carbonyl (C=O) groups excluding carboxylic acids is 1. The largest absolute Gasteiger partial charge is 0.504 e. The number of nitrogens with zero attached hydrogens (tertiary/aromatic N) is 2. The van der Waals surface area contributed by atoms with Crippen molar-refractivity contribution in [1.82, 2.24) is 4.90 Å². The summed E-state index contributed by atoms with van der Waals surface area (Å²) in [6.45, 7) is 2.36. The molecule has 2 aromatic rings. The Bertz CT molecular complexity index is 992. The summed E-state index contributed by atoms with van der Waals surface area (Å²) in [7, 11) is 0. The molecule has 1 aliphatic rings. The molecule has 0 radical (unpaired) electrons. The first-order valence-electron chi connectivity index (χ1n) is 8.84. The van der Waals surface area contributed by atoms with Crippen molar-refractivity contribution in [2.75, 3.05) is 13.2 Å². The number of phenols is 1. The van der Waals surface area contributed by atoms with Crippen LogP contribution in [0.2, 0.25) is 0 Å². The van der Waals surface area contributed by atoms with E-state index in [0.717, 1.165) is 23.4 Å². The number of aromatic hydroxyl groups is 1. The number of ether oxygens (including phenoxy) is 1. The molecular weight excluding hydrogens is 412 g/mol. The second kappa shape index (κ2) is 9.06. The SMILES string of the molecule is CCOc1cc([N+](=O)[O-])cc(C=C2SC(=S)N(CCc3ccccc3)C2=O)c1O. The molecule has 0 aromatic heterocycles. The molecule has 9 heteroatoms. The van der Waals surface area contributed by atoms with Gasteiger partial charge in [-0.15, -0.1) is 0 Å². The fourth-order valence-corrected chi connectivity index (χ4v) is 4.11. The number of non-ortho nitro benzene ring substituents is 1. The van der Waals surface area contributed by atoms with Crippen LogP contribution in [0.25, 0.3) is 6.08 Å². The van der Waals surface area contributed by atoms with Crippen molar-refractivity contribution in [2.45, 2.75) is 13.3 Å². The van der Waals surface area contributed by atoms with Gasteiger partial charge in [-0.05, 0) is 25.0 Å². The van der Waals surface area contributed by atoms with Gasteiger partial charge in [-0.25, -0.2) is 0 Å². The molecule has 0 unspecified atom stereocenters. The summed E-state index contributed by atoms with van der Waals surface area (Å²) >= 11 is 6.43. The highest BCUT2D eigenvalue weighted by Crippen LogP contribution is 2.39. The average molecular weight is 431 g/mol. The standard InChI is InChI=1S/C20H18N2O5S2/c1-2-27-16-12-15(22(25)26)10-14(18(16)23)11-17-19(24)21(20(28)29-17)9-8-13-6-4-3-5-7-13/h3-7,10-12,23H,2,8-9H2,1H3. The highest BCUT2D eigenvalue weighted by Gasteiger charge is 2.32. The van der Waals surface area contributed by atoms with E-state index in [4.69, 9.17) is 17.0 Å². The molecule has 29 heavy (non-hydrogen) atoms. The average Bonchev–Trinajstić information content (AvgIpc) is 2.96. The first-order valence-corrected chi connectivity index (χ1v) is 10.1. The van der Waals surface area contributed by atoms with Gasteiger partial charge in [0, 0.05) is 18.2 Å². The quantitative estimate of drug-likeness (QED) is 0.305. The molecule has 150 valence electrons. The number of phenolic OH excluding ortho intramolecular Hbond substituents is 1. The summed E-state index contributed by atoms with van der Waals surface area (Å²) in [6.07, 6.45) is 2.06. The van der Waals surface area contributed by atoms with Gasteiger partial charge in [-0.1, -0.05) is 54.3 Å². The molecule has 0 aliphatic carbocycles. The van der Waals surface area contributed by atoms with Gasteiger partial charge >= 0.3 is 0 Å². The summed E-state index contributed by atoms with van der Waals surface area (Å²) in [4.78, 5) is 25.2. The Morgan fingerprint density at radius 2 is 2.03 bits per heavy atom. The first kappa shape index (κ1) is 20.8. The molecule has 3 rings (SSSR count). The predicted octanol–water partition coefficient (Wildman–Crippen LogP) is 4.14. The van der Waals surface area contributed by atoms with Crippen molar-refractivity contribution in [2.24, 2.45) is 0 Å². The molecule has 1 amide bonds. The van der Waals surface area contributed by atoms with E-state index in [1.165, 1.54) is 17.0 Å². The van der Waals surface area contributed by atoms with E-state index in [1.807, 2.05) is 30.3 Å². The Morgan fingerprint density at radius 1 is 1.31 bits per heavy atom. The van der Waals surface area contributed by atoms with E-state index in [9.17, 15) is 20.0 Å². The Labute approximate surface area is 177 Å². The van der Waals surface area contributed by atoms with Gasteiger partial charge in [0.15, 0.2) is 11.5 Å². The number of hydrogen-bond donors (Lipinski definition) is 1. The zero-order valence-electron chi connectivity index (χ0n) is 15.5. The fraction of sp³-hybridized carbons (Fsp3) is 0.200. The molecule has 0 saturated carbocycles. The number of rotatable bonds is 7. The minimum absolute atomic E-state index is 0.00694. The lowest BCUT2D eigenvalue weighted by atomic mass is 10.1. The van der Waals surface area contributed by atoms with Gasteiger partial charge in [-0.2, -0.15) is 0 Å². The lowest BCUT2D eigenvalue weighted by molar-refractivity contribution is -0.385. The van der Waals surface area contributed by atoms with Gasteiger partial charge < -0.3 is 9.84 Å². The van der Waals surface area contributed by atoms with Crippen LogP contribution in [0, 0.1) is 10.1 Å². The van der Waals surface area contributed by atoms with Crippen molar-refractivity contribution >= 4 is 46.0 Å². The van der Waals surface area contributed by atoms with Crippen molar-refractivity contribution in [3.63, 3.8) is 0 Å². The van der Waals surface area contributed by atoms with E-state index < -0.39 is 4.92 Å². The Hall–Kier alpha value is -2.91. The number of thiocarbonyl (C=S) groups is 1. The lowest BCUT2D eigenvalue weighted by Gasteiger charge is -2.14. The zero-order chi connectivity index (χ0) is 21.0. The highest BCUT2D eigenvalue weighted by atomic mass is 32.2. The molecule has 1 heterocycles. The van der Waals surface area contributed by atoms with Crippen molar-refractivity contribution < 1.29 is 19.6 Å². The minimum Gasteiger partial charge on any atom is -0.504 e. The van der Waals surface area contributed by atoms with E-state index in [2.05, 4.69) is 0 Å². The summed E-state index contributed by atoms with van der Waals surface area (Å²) < 4.78 is 5.69. The molecule has 1 N–H and O–H groups in total. The van der Waals surface area contributed by atoms with Gasteiger partial charge in [-0.3, -0.25) is 19.8 Å². The first-order chi connectivity index (χ1) is 13.9. The summed E-state index contributed by atoms with van der Waals surface area (Å²) in [5.74, 6) is -0.556. The molecule has 0 spiro atoms. The number of nitro groups is 1. The number of thioether (sulfide) groups is 1. The summed E-state index contributed by atoms with van der Waals surface area (Å²) in [5, 5.41) is 21.6. The van der Waals surface area contributed by atoms with E-state index in [0.29, 0.717) is 22.2 Å². The van der Waals surface area contributed by atoms with Crippen LogP contribution in [0.4, 0.5) is 5.69 Å². The van der Waals surface area contributed by atoms with Crippen LogP contribution >= 0.6 is 24.0 Å². The monoisotopic (exact) mass is 430 g/mol. The number of amides is 1. The van der Waals surface area contributed by atoms with Crippen LogP contribution in [-0.4, -0.2) is 38.3 Å². The zero-order valence-corrected chi connectivity index (χ0v) is 17.2. The van der Waals surface area contributed by atoms with Crippen LogP contribution < -0.4 is 4.74 Å². The van der Waals surface area contributed by atoms with E-state index in [-0.39, 0.29) is 35.3 Å². The third-order valence-electron chi connectivity index (χ3n) is 4.23. The van der Waals surface area contributed by atoms with Crippen molar-refractivity contribution in [3.8, 4) is 11.5 Å². The molecule has 1 saturated heterocycles. The molecule has 2 aromatic carbocycles. The van der Waals surface area contributed by atoms with Gasteiger partial charge in [0.1, 0.15) is 4.32 Å². The van der Waals surface area contributed by atoms with E-state index >= 15 is 0 Å². The maximum atomic E-state index is 12.8. The maximum Gasteiger partial charge on any atom is 0.274 e. The molecule has 0 bridgehead atoms. The van der Waals surface area contributed by atoms with Crippen molar-refractivity contribution in [3.05, 3.63) is 68.6 Å². The third kappa shape index (κ3) is 4.75. The molecular formula is C20H18N2O5S2. The minimum atomic E-state index is -0.579. The predicted molar refractivity (Wildman–Crippen MR) is 116 cm³/mol. The van der Waals surface area contributed by atoms with Gasteiger partial charge in [0.25, 0.3) is 11.6 Å². The Kier molecular flexibility index (Phi) is 6.50. The lowest BCUT2D eigenvalue weighted by Crippen LogP contribution is -2.30. The third-order valence-corrected chi connectivity index (χ3v) is 5.60. The topological polar surface area (TPSA) is 92.9 Å². The highest BCUT2D eigenvalue weighted by molar-refractivity contribution is 8.26. The fourth-order valence-electron chi connectivity index (χ4n) is 2.81.